The molecule has 4 aliphatic heterocycles. The Morgan fingerprint density at radius 3 is 2.91 bits per heavy atom. The minimum absolute atomic E-state index is 0.110. The van der Waals surface area contributed by atoms with Gasteiger partial charge in [0, 0.05) is 31.2 Å². The molecular formula is C16H24N2O4S. The number of ether oxygens (including phenoxy) is 2. The highest BCUT2D eigenvalue weighted by atomic mass is 32.2. The molecule has 0 spiro atoms. The lowest BCUT2D eigenvalue weighted by atomic mass is 9.96. The van der Waals surface area contributed by atoms with Crippen molar-refractivity contribution < 1.29 is 19.1 Å². The minimum atomic E-state index is -0.288. The van der Waals surface area contributed by atoms with Crippen LogP contribution in [0.2, 0.25) is 0 Å². The van der Waals surface area contributed by atoms with E-state index >= 15 is 0 Å². The maximum atomic E-state index is 13.0. The topological polar surface area (TPSA) is 59.1 Å². The number of thioether (sulfide) groups is 1. The third-order valence-corrected chi connectivity index (χ3v) is 7.04. The summed E-state index contributed by atoms with van der Waals surface area (Å²) in [7, 11) is 0. The number of carbonyl (C=O) groups is 2. The molecule has 0 N–H and O–H groups in total. The number of likely N-dealkylation sites (tertiary alicyclic amines) is 1. The molecule has 3 atom stereocenters. The van der Waals surface area contributed by atoms with E-state index in [9.17, 15) is 9.59 Å². The SMILES string of the molecule is CC12CCC(=O)N1C(C(=O)N1CCCC(C3OCCO3)C1)CS2. The van der Waals surface area contributed by atoms with Crippen molar-refractivity contribution in [1.82, 2.24) is 9.80 Å². The summed E-state index contributed by atoms with van der Waals surface area (Å²) in [6.45, 7) is 4.85. The van der Waals surface area contributed by atoms with Crippen molar-refractivity contribution in [3.63, 3.8) is 0 Å². The second kappa shape index (κ2) is 5.93. The summed E-state index contributed by atoms with van der Waals surface area (Å²) in [5.74, 6) is 1.22. The fourth-order valence-electron chi connectivity index (χ4n) is 4.30. The van der Waals surface area contributed by atoms with Crippen LogP contribution in [0, 0.1) is 5.92 Å². The molecule has 3 unspecified atom stereocenters. The maximum absolute atomic E-state index is 13.0. The second-order valence-electron chi connectivity index (χ2n) is 7.06. The first-order valence-electron chi connectivity index (χ1n) is 8.57. The molecule has 4 fully saturated rings. The first kappa shape index (κ1) is 15.7. The zero-order valence-corrected chi connectivity index (χ0v) is 14.3. The quantitative estimate of drug-likeness (QED) is 0.752. The Hall–Kier alpha value is -0.790. The zero-order chi connectivity index (χ0) is 16.0. The maximum Gasteiger partial charge on any atom is 0.246 e. The van der Waals surface area contributed by atoms with E-state index in [-0.39, 0.29) is 34.9 Å². The molecule has 0 aromatic carbocycles. The lowest BCUT2D eigenvalue weighted by Gasteiger charge is -2.38. The van der Waals surface area contributed by atoms with Gasteiger partial charge in [0.1, 0.15) is 6.04 Å². The van der Waals surface area contributed by atoms with E-state index in [4.69, 9.17) is 9.47 Å². The van der Waals surface area contributed by atoms with Crippen LogP contribution in [-0.4, -0.2) is 70.9 Å². The van der Waals surface area contributed by atoms with Crippen LogP contribution in [-0.2, 0) is 19.1 Å². The Labute approximate surface area is 140 Å². The highest BCUT2D eigenvalue weighted by Crippen LogP contribution is 2.47. The molecule has 0 saturated carbocycles. The van der Waals surface area contributed by atoms with Crippen molar-refractivity contribution in [2.45, 2.75) is 49.8 Å². The summed E-state index contributed by atoms with van der Waals surface area (Å²) in [4.78, 5) is 28.9. The van der Waals surface area contributed by atoms with E-state index in [1.54, 1.807) is 11.8 Å². The average Bonchev–Trinajstić information content (AvgIpc) is 3.25. The molecule has 128 valence electrons. The van der Waals surface area contributed by atoms with Gasteiger partial charge in [0.2, 0.25) is 11.8 Å². The number of fused-ring (bicyclic) bond motifs is 1. The normalized spacial score (nSPS) is 38.4. The number of carbonyl (C=O) groups excluding carboxylic acids is 2. The van der Waals surface area contributed by atoms with Crippen molar-refractivity contribution in [1.29, 1.82) is 0 Å². The lowest BCUT2D eigenvalue weighted by molar-refractivity contribution is -0.148. The number of rotatable bonds is 2. The van der Waals surface area contributed by atoms with Crippen molar-refractivity contribution in [3.05, 3.63) is 0 Å². The Bertz CT molecular complexity index is 510. The van der Waals surface area contributed by atoms with Crippen LogP contribution in [0.4, 0.5) is 0 Å². The highest BCUT2D eigenvalue weighted by Gasteiger charge is 2.53. The van der Waals surface area contributed by atoms with E-state index in [0.717, 1.165) is 31.6 Å². The number of hydrogen-bond donors (Lipinski definition) is 0. The summed E-state index contributed by atoms with van der Waals surface area (Å²) >= 11 is 1.75. The van der Waals surface area contributed by atoms with Gasteiger partial charge in [0.15, 0.2) is 6.29 Å². The largest absolute Gasteiger partial charge is 0.350 e. The molecule has 4 aliphatic rings. The van der Waals surface area contributed by atoms with E-state index in [0.29, 0.717) is 26.2 Å². The minimum Gasteiger partial charge on any atom is -0.350 e. The van der Waals surface area contributed by atoms with Gasteiger partial charge >= 0.3 is 0 Å². The average molecular weight is 340 g/mol. The molecule has 7 heteroatoms. The Morgan fingerprint density at radius 2 is 2.13 bits per heavy atom. The predicted octanol–water partition coefficient (Wildman–Crippen LogP) is 1.05. The number of amides is 2. The van der Waals surface area contributed by atoms with Gasteiger partial charge in [0.05, 0.1) is 18.1 Å². The van der Waals surface area contributed by atoms with Gasteiger partial charge in [-0.15, -0.1) is 11.8 Å². The first-order chi connectivity index (χ1) is 11.1. The predicted molar refractivity (Wildman–Crippen MR) is 85.7 cm³/mol. The van der Waals surface area contributed by atoms with Crippen LogP contribution >= 0.6 is 11.8 Å². The molecule has 0 radical (unpaired) electrons. The standard InChI is InChI=1S/C16H24N2O4S/c1-16-5-4-13(19)18(16)12(10-23-16)14(20)17-6-2-3-11(9-17)15-21-7-8-22-15/h11-12,15H,2-10H2,1H3. The van der Waals surface area contributed by atoms with Gasteiger partial charge in [-0.3, -0.25) is 9.59 Å². The Balaban J connectivity index is 1.45. The van der Waals surface area contributed by atoms with Gasteiger partial charge in [-0.25, -0.2) is 0 Å². The van der Waals surface area contributed by atoms with E-state index in [1.165, 1.54) is 0 Å². The second-order valence-corrected chi connectivity index (χ2v) is 8.56. The Morgan fingerprint density at radius 1 is 1.35 bits per heavy atom. The van der Waals surface area contributed by atoms with Gasteiger partial charge in [-0.2, -0.15) is 0 Å². The van der Waals surface area contributed by atoms with Gasteiger partial charge in [-0.05, 0) is 26.2 Å². The molecule has 0 bridgehead atoms. The molecule has 23 heavy (non-hydrogen) atoms. The van der Waals surface area contributed by atoms with E-state index < -0.39 is 0 Å². The van der Waals surface area contributed by atoms with Gasteiger partial charge in [0.25, 0.3) is 0 Å². The molecule has 2 amide bonds. The summed E-state index contributed by atoms with van der Waals surface area (Å²) < 4.78 is 11.2. The van der Waals surface area contributed by atoms with Crippen LogP contribution in [0.15, 0.2) is 0 Å². The fraction of sp³-hybridized carbons (Fsp3) is 0.875. The van der Waals surface area contributed by atoms with Gasteiger partial charge < -0.3 is 19.3 Å². The third-order valence-electron chi connectivity index (χ3n) is 5.53. The number of piperidine rings is 1. The van der Waals surface area contributed by atoms with Crippen molar-refractivity contribution >= 4 is 23.6 Å². The smallest absolute Gasteiger partial charge is 0.246 e. The van der Waals surface area contributed by atoms with Crippen LogP contribution in [0.25, 0.3) is 0 Å². The van der Waals surface area contributed by atoms with Crippen LogP contribution in [0.3, 0.4) is 0 Å². The summed E-state index contributed by atoms with van der Waals surface area (Å²) in [6, 6.07) is -0.288. The molecular weight excluding hydrogens is 316 g/mol. The van der Waals surface area contributed by atoms with Crippen LogP contribution < -0.4 is 0 Å². The van der Waals surface area contributed by atoms with E-state index in [1.807, 2.05) is 9.80 Å². The molecule has 4 saturated heterocycles. The zero-order valence-electron chi connectivity index (χ0n) is 13.5. The highest BCUT2D eigenvalue weighted by molar-refractivity contribution is 8.01. The summed E-state index contributed by atoms with van der Waals surface area (Å²) in [5.41, 5.74) is 0. The molecule has 0 aromatic rings. The lowest BCUT2D eigenvalue weighted by Crippen LogP contribution is -2.54. The summed E-state index contributed by atoms with van der Waals surface area (Å²) in [6.07, 6.45) is 3.27. The molecule has 0 aromatic heterocycles. The van der Waals surface area contributed by atoms with Crippen molar-refractivity contribution in [2.75, 3.05) is 32.1 Å². The van der Waals surface area contributed by atoms with Crippen molar-refractivity contribution in [3.8, 4) is 0 Å². The summed E-state index contributed by atoms with van der Waals surface area (Å²) in [5, 5.41) is 0. The third kappa shape index (κ3) is 2.66. The van der Waals surface area contributed by atoms with Gasteiger partial charge in [-0.1, -0.05) is 0 Å². The first-order valence-corrected chi connectivity index (χ1v) is 9.55. The number of nitrogens with zero attached hydrogens (tertiary/aromatic N) is 2. The van der Waals surface area contributed by atoms with Crippen molar-refractivity contribution in [2.24, 2.45) is 5.92 Å². The molecule has 0 aliphatic carbocycles. The van der Waals surface area contributed by atoms with Crippen LogP contribution in [0.5, 0.6) is 0 Å². The fourth-order valence-corrected chi connectivity index (χ4v) is 5.72. The van der Waals surface area contributed by atoms with E-state index in [2.05, 4.69) is 6.92 Å². The number of hydrogen-bond acceptors (Lipinski definition) is 5. The van der Waals surface area contributed by atoms with Crippen LogP contribution in [0.1, 0.15) is 32.6 Å². The molecule has 4 heterocycles. The molecule has 6 nitrogen and oxygen atoms in total. The molecule has 4 rings (SSSR count). The Kier molecular flexibility index (Phi) is 4.06. The monoisotopic (exact) mass is 340 g/mol.